The highest BCUT2D eigenvalue weighted by atomic mass is 35.5. The number of hydrogen-bond acceptors (Lipinski definition) is 5. The fourth-order valence-electron chi connectivity index (χ4n) is 4.28. The van der Waals surface area contributed by atoms with Crippen LogP contribution >= 0.6 is 11.6 Å². The molecule has 0 radical (unpaired) electrons. The van der Waals surface area contributed by atoms with Gasteiger partial charge in [-0.2, -0.15) is 0 Å². The maximum atomic E-state index is 13.1. The maximum absolute atomic E-state index is 13.1. The van der Waals surface area contributed by atoms with Gasteiger partial charge in [0.2, 0.25) is 0 Å². The average Bonchev–Trinajstić information content (AvgIpc) is 2.83. The highest BCUT2D eigenvalue weighted by molar-refractivity contribution is 6.31. The average molecular weight is 483 g/mol. The first-order valence-electron chi connectivity index (χ1n) is 11.5. The predicted molar refractivity (Wildman–Crippen MR) is 129 cm³/mol. The fraction of sp³-hybridized carbons (Fsp3) is 0.346. The second-order valence-electron chi connectivity index (χ2n) is 8.30. The number of rotatable bonds is 7. The minimum atomic E-state index is -0.695. The summed E-state index contributed by atoms with van der Waals surface area (Å²) >= 11 is 6.21. The molecule has 0 bridgehead atoms. The Balaban J connectivity index is 1.57. The second-order valence-corrected chi connectivity index (χ2v) is 8.71. The van der Waals surface area contributed by atoms with Crippen LogP contribution in [0.4, 0.5) is 4.79 Å². The molecule has 1 saturated carbocycles. The maximum Gasteiger partial charge on any atom is 0.331 e. The van der Waals surface area contributed by atoms with E-state index in [1.54, 1.807) is 24.3 Å². The molecule has 34 heavy (non-hydrogen) atoms. The van der Waals surface area contributed by atoms with Crippen molar-refractivity contribution in [1.29, 1.82) is 0 Å². The third-order valence-electron chi connectivity index (χ3n) is 5.99. The zero-order chi connectivity index (χ0) is 24.1. The SMILES string of the molecule is CCOc1cc(C=C2C(=O)NC(=O)N(C3CCCCC3)C2=O)ccc1OCc1ccccc1Cl. The lowest BCUT2D eigenvalue weighted by atomic mass is 9.93. The summed E-state index contributed by atoms with van der Waals surface area (Å²) in [6, 6.07) is 11.8. The van der Waals surface area contributed by atoms with Gasteiger partial charge in [0.05, 0.1) is 6.61 Å². The largest absolute Gasteiger partial charge is 0.490 e. The van der Waals surface area contributed by atoms with E-state index in [9.17, 15) is 14.4 Å². The van der Waals surface area contributed by atoms with Crippen molar-refractivity contribution in [2.24, 2.45) is 0 Å². The number of hydrogen-bond donors (Lipinski definition) is 1. The lowest BCUT2D eigenvalue weighted by Gasteiger charge is -2.35. The van der Waals surface area contributed by atoms with Gasteiger partial charge in [-0.15, -0.1) is 0 Å². The quantitative estimate of drug-likeness (QED) is 0.437. The van der Waals surface area contributed by atoms with Crippen molar-refractivity contribution in [1.82, 2.24) is 10.2 Å². The van der Waals surface area contributed by atoms with Gasteiger partial charge < -0.3 is 9.47 Å². The van der Waals surface area contributed by atoms with E-state index in [1.807, 2.05) is 25.1 Å². The molecular weight excluding hydrogens is 456 g/mol. The summed E-state index contributed by atoms with van der Waals surface area (Å²) in [5.41, 5.74) is 1.36. The van der Waals surface area contributed by atoms with Gasteiger partial charge in [0.1, 0.15) is 12.2 Å². The molecule has 2 aromatic carbocycles. The molecule has 0 unspecified atom stereocenters. The van der Waals surface area contributed by atoms with Crippen LogP contribution in [0, 0.1) is 0 Å². The van der Waals surface area contributed by atoms with Crippen molar-refractivity contribution in [2.45, 2.75) is 51.7 Å². The van der Waals surface area contributed by atoms with Crippen LogP contribution in [0.1, 0.15) is 50.2 Å². The first kappa shape index (κ1) is 23.8. The summed E-state index contributed by atoms with van der Waals surface area (Å²) in [6.07, 6.45) is 6.01. The van der Waals surface area contributed by atoms with Crippen LogP contribution in [0.3, 0.4) is 0 Å². The van der Waals surface area contributed by atoms with E-state index in [-0.39, 0.29) is 18.2 Å². The zero-order valence-corrected chi connectivity index (χ0v) is 19.8. The van der Waals surface area contributed by atoms with E-state index in [0.717, 1.165) is 37.7 Å². The van der Waals surface area contributed by atoms with Crippen molar-refractivity contribution in [3.8, 4) is 11.5 Å². The molecule has 4 rings (SSSR count). The topological polar surface area (TPSA) is 84.9 Å². The van der Waals surface area contributed by atoms with E-state index >= 15 is 0 Å². The minimum Gasteiger partial charge on any atom is -0.490 e. The summed E-state index contributed by atoms with van der Waals surface area (Å²) in [5.74, 6) is -0.258. The Bertz CT molecular complexity index is 1120. The van der Waals surface area contributed by atoms with Crippen LogP contribution in [-0.4, -0.2) is 35.4 Å². The number of nitrogens with zero attached hydrogens (tertiary/aromatic N) is 1. The van der Waals surface area contributed by atoms with Gasteiger partial charge in [-0.05, 0) is 49.6 Å². The smallest absolute Gasteiger partial charge is 0.331 e. The first-order chi connectivity index (χ1) is 16.5. The summed E-state index contributed by atoms with van der Waals surface area (Å²) in [5, 5.41) is 2.92. The van der Waals surface area contributed by atoms with Crippen molar-refractivity contribution in [3.63, 3.8) is 0 Å². The Morgan fingerprint density at radius 2 is 1.79 bits per heavy atom. The molecule has 0 aromatic heterocycles. The number of urea groups is 1. The van der Waals surface area contributed by atoms with Crippen LogP contribution < -0.4 is 14.8 Å². The lowest BCUT2D eigenvalue weighted by molar-refractivity contribution is -0.132. The number of barbiturate groups is 1. The molecule has 2 aromatic rings. The summed E-state index contributed by atoms with van der Waals surface area (Å²) < 4.78 is 11.7. The fourth-order valence-corrected chi connectivity index (χ4v) is 4.47. The van der Waals surface area contributed by atoms with E-state index < -0.39 is 17.8 Å². The molecule has 2 aliphatic rings. The van der Waals surface area contributed by atoms with Crippen LogP contribution in [0.2, 0.25) is 5.02 Å². The Labute approximate surface area is 203 Å². The molecule has 8 heteroatoms. The highest BCUT2D eigenvalue weighted by Crippen LogP contribution is 2.32. The van der Waals surface area contributed by atoms with Gasteiger partial charge in [-0.3, -0.25) is 19.8 Å². The van der Waals surface area contributed by atoms with Crippen LogP contribution in [0.15, 0.2) is 48.0 Å². The number of nitrogens with one attached hydrogen (secondary N) is 1. The van der Waals surface area contributed by atoms with Gasteiger partial charge in [0.15, 0.2) is 11.5 Å². The predicted octanol–water partition coefficient (Wildman–Crippen LogP) is 5.11. The molecule has 0 atom stereocenters. The molecule has 1 aliphatic carbocycles. The third kappa shape index (κ3) is 5.25. The van der Waals surface area contributed by atoms with Crippen molar-refractivity contribution < 1.29 is 23.9 Å². The Kier molecular flexibility index (Phi) is 7.53. The van der Waals surface area contributed by atoms with Gasteiger partial charge in [-0.1, -0.05) is 55.1 Å². The molecular formula is C26H27ClN2O5. The first-order valence-corrected chi connectivity index (χ1v) is 11.9. The lowest BCUT2D eigenvalue weighted by Crippen LogP contribution is -2.58. The number of imide groups is 2. The molecule has 1 aliphatic heterocycles. The van der Waals surface area contributed by atoms with Crippen LogP contribution in [-0.2, 0) is 16.2 Å². The summed E-state index contributed by atoms with van der Waals surface area (Å²) in [7, 11) is 0. The van der Waals surface area contributed by atoms with E-state index in [0.29, 0.717) is 28.7 Å². The molecule has 7 nitrogen and oxygen atoms in total. The second kappa shape index (κ2) is 10.7. The van der Waals surface area contributed by atoms with Gasteiger partial charge in [0, 0.05) is 16.6 Å². The molecule has 4 amide bonds. The third-order valence-corrected chi connectivity index (χ3v) is 6.36. The van der Waals surface area contributed by atoms with E-state index in [2.05, 4.69) is 5.32 Å². The Morgan fingerprint density at radius 1 is 1.03 bits per heavy atom. The van der Waals surface area contributed by atoms with Crippen molar-refractivity contribution in [2.75, 3.05) is 6.61 Å². The highest BCUT2D eigenvalue weighted by Gasteiger charge is 2.40. The van der Waals surface area contributed by atoms with Gasteiger partial charge >= 0.3 is 6.03 Å². The van der Waals surface area contributed by atoms with Crippen molar-refractivity contribution in [3.05, 3.63) is 64.2 Å². The van der Waals surface area contributed by atoms with Crippen LogP contribution in [0.25, 0.3) is 6.08 Å². The monoisotopic (exact) mass is 482 g/mol. The molecule has 2 fully saturated rings. The molecule has 1 heterocycles. The van der Waals surface area contributed by atoms with Crippen LogP contribution in [0.5, 0.6) is 11.5 Å². The summed E-state index contributed by atoms with van der Waals surface area (Å²) in [6.45, 7) is 2.53. The molecule has 1 N–H and O–H groups in total. The van der Waals surface area contributed by atoms with Crippen molar-refractivity contribution >= 4 is 35.5 Å². The standard InChI is InChI=1S/C26H27ClN2O5/c1-2-33-23-15-17(12-13-22(23)34-16-18-8-6-7-11-21(18)27)14-20-24(30)28-26(32)29(25(20)31)19-9-4-3-5-10-19/h6-8,11-15,19H,2-5,9-10,16H2,1H3,(H,28,30,32). The number of amides is 4. The zero-order valence-electron chi connectivity index (χ0n) is 19.0. The number of halogens is 1. The Hall–Kier alpha value is -3.32. The molecule has 0 spiro atoms. The normalized spacial score (nSPS) is 18.2. The Morgan fingerprint density at radius 3 is 2.53 bits per heavy atom. The van der Waals surface area contributed by atoms with E-state index in [4.69, 9.17) is 21.1 Å². The van der Waals surface area contributed by atoms with Gasteiger partial charge in [0.25, 0.3) is 11.8 Å². The summed E-state index contributed by atoms with van der Waals surface area (Å²) in [4.78, 5) is 39.2. The minimum absolute atomic E-state index is 0.0719. The number of carbonyl (C=O) groups excluding carboxylic acids is 3. The van der Waals surface area contributed by atoms with Gasteiger partial charge in [-0.25, -0.2) is 4.79 Å². The molecule has 178 valence electrons. The number of benzene rings is 2. The van der Waals surface area contributed by atoms with E-state index in [1.165, 1.54) is 11.0 Å². The molecule has 1 saturated heterocycles. The number of ether oxygens (including phenoxy) is 2. The number of carbonyl (C=O) groups is 3.